The first-order chi connectivity index (χ1) is 23.1. The molecule has 0 aliphatic carbocycles. The number of aromatic nitrogens is 4. The van der Waals surface area contributed by atoms with Gasteiger partial charge >= 0.3 is 0 Å². The molecule has 0 unspecified atom stereocenters. The molecule has 2 heterocycles. The van der Waals surface area contributed by atoms with Gasteiger partial charge in [0.15, 0.2) is 0 Å². The van der Waals surface area contributed by atoms with E-state index >= 15 is 0 Å². The van der Waals surface area contributed by atoms with Crippen LogP contribution in [0.25, 0.3) is 21.8 Å². The fourth-order valence-electron chi connectivity index (χ4n) is 5.43. The molecule has 10 nitrogen and oxygen atoms in total. The summed E-state index contributed by atoms with van der Waals surface area (Å²) in [4.78, 5) is 21.9. The summed E-state index contributed by atoms with van der Waals surface area (Å²) in [6.45, 7) is 2.86. The molecule has 2 aromatic heterocycles. The number of aliphatic hydroxyl groups is 1. The predicted molar refractivity (Wildman–Crippen MR) is 186 cm³/mol. The van der Waals surface area contributed by atoms with Crippen LogP contribution in [0.15, 0.2) is 97.1 Å². The largest absolute Gasteiger partial charge is 0.497 e. The molecule has 10 heteroatoms. The van der Waals surface area contributed by atoms with Crippen LogP contribution in [0.5, 0.6) is 11.5 Å². The molecule has 0 saturated carbocycles. The Morgan fingerprint density at radius 2 is 1.04 bits per heavy atom. The number of benzene rings is 4. The zero-order chi connectivity index (χ0) is 32.4. The average molecular weight is 630 g/mol. The monoisotopic (exact) mass is 629 g/mol. The van der Waals surface area contributed by atoms with Crippen molar-refractivity contribution in [3.05, 3.63) is 120 Å². The number of hydrogen-bond acceptors (Lipinski definition) is 10. The van der Waals surface area contributed by atoms with E-state index in [1.54, 1.807) is 14.2 Å². The van der Waals surface area contributed by atoms with E-state index in [-0.39, 0.29) is 6.61 Å². The summed E-state index contributed by atoms with van der Waals surface area (Å²) in [6, 6.07) is 32.0. The number of aliphatic hydroxyl groups excluding tert-OH is 1. The first kappa shape index (κ1) is 31.7. The van der Waals surface area contributed by atoms with Crippen molar-refractivity contribution in [2.45, 2.75) is 32.6 Å². The molecule has 0 amide bonds. The van der Waals surface area contributed by atoms with Crippen LogP contribution in [-0.2, 0) is 26.2 Å². The smallest absolute Gasteiger partial charge is 0.145 e. The number of nitrogens with one attached hydrogen (secondary N) is 2. The van der Waals surface area contributed by atoms with Crippen LogP contribution in [-0.4, -0.2) is 57.3 Å². The van der Waals surface area contributed by atoms with E-state index in [2.05, 4.69) is 15.5 Å². The van der Waals surface area contributed by atoms with Gasteiger partial charge in [-0.05, 0) is 66.1 Å². The highest BCUT2D eigenvalue weighted by molar-refractivity contribution is 5.89. The Morgan fingerprint density at radius 1 is 0.596 bits per heavy atom. The molecule has 47 heavy (non-hydrogen) atoms. The summed E-state index contributed by atoms with van der Waals surface area (Å²) < 4.78 is 10.6. The number of para-hydroxylation sites is 2. The van der Waals surface area contributed by atoms with E-state index < -0.39 is 0 Å². The van der Waals surface area contributed by atoms with Gasteiger partial charge in [0.05, 0.1) is 38.3 Å². The standard InChI is InChI=1S/C37H39N7O3/c1-46-28-16-12-26(13-17-28)22-38-36-30-8-3-5-10-32(30)40-34(42-36)24-44(20-7-21-45)25-35-41-33-11-6-4-9-31(33)37(43-35)39-23-27-14-18-29(47-2)19-15-27/h3-6,8-19,45H,7,20-25H2,1-2H3,(H,38,40,42)(H,39,41,43). The maximum absolute atomic E-state index is 9.72. The molecular formula is C37H39N7O3. The topological polar surface area (TPSA) is 118 Å². The van der Waals surface area contributed by atoms with Gasteiger partial charge in [-0.3, -0.25) is 4.90 Å². The van der Waals surface area contributed by atoms with E-state index in [1.807, 2.05) is 97.1 Å². The van der Waals surface area contributed by atoms with Crippen molar-refractivity contribution in [1.29, 1.82) is 0 Å². The van der Waals surface area contributed by atoms with Crippen molar-refractivity contribution in [2.24, 2.45) is 0 Å². The van der Waals surface area contributed by atoms with Gasteiger partial charge in [-0.25, -0.2) is 19.9 Å². The van der Waals surface area contributed by atoms with Gasteiger partial charge in [0.1, 0.15) is 34.8 Å². The minimum atomic E-state index is 0.0803. The summed E-state index contributed by atoms with van der Waals surface area (Å²) in [6.07, 6.45) is 0.603. The van der Waals surface area contributed by atoms with Crippen molar-refractivity contribution in [3.63, 3.8) is 0 Å². The summed E-state index contributed by atoms with van der Waals surface area (Å²) in [5, 5.41) is 18.7. The second kappa shape index (κ2) is 15.3. The molecule has 0 atom stereocenters. The molecule has 0 aliphatic rings. The summed E-state index contributed by atoms with van der Waals surface area (Å²) in [7, 11) is 3.33. The van der Waals surface area contributed by atoms with Crippen molar-refractivity contribution >= 4 is 33.4 Å². The highest BCUT2D eigenvalue weighted by Crippen LogP contribution is 2.24. The van der Waals surface area contributed by atoms with E-state index in [0.29, 0.717) is 50.8 Å². The molecule has 3 N–H and O–H groups in total. The van der Waals surface area contributed by atoms with Crippen LogP contribution in [0.4, 0.5) is 11.6 Å². The highest BCUT2D eigenvalue weighted by Gasteiger charge is 2.16. The van der Waals surface area contributed by atoms with Gasteiger partial charge in [0.25, 0.3) is 0 Å². The SMILES string of the molecule is COc1ccc(CNc2nc(CN(CCCO)Cc3nc(NCc4ccc(OC)cc4)c4ccccc4n3)nc3ccccc23)cc1. The second-order valence-electron chi connectivity index (χ2n) is 11.2. The third-order valence-electron chi connectivity index (χ3n) is 7.90. The number of nitrogens with zero attached hydrogens (tertiary/aromatic N) is 5. The minimum Gasteiger partial charge on any atom is -0.497 e. The van der Waals surface area contributed by atoms with Crippen LogP contribution in [0.1, 0.15) is 29.2 Å². The zero-order valence-electron chi connectivity index (χ0n) is 26.7. The molecule has 6 aromatic rings. The molecule has 240 valence electrons. The third-order valence-corrected chi connectivity index (χ3v) is 7.90. The number of methoxy groups -OCH3 is 2. The van der Waals surface area contributed by atoms with Gasteiger partial charge in [0.2, 0.25) is 0 Å². The lowest BCUT2D eigenvalue weighted by molar-refractivity contribution is 0.206. The lowest BCUT2D eigenvalue weighted by Crippen LogP contribution is -2.27. The molecule has 0 saturated heterocycles. The fraction of sp³-hybridized carbons (Fsp3) is 0.243. The Kier molecular flexibility index (Phi) is 10.3. The molecule has 0 bridgehead atoms. The van der Waals surface area contributed by atoms with Crippen LogP contribution < -0.4 is 20.1 Å². The van der Waals surface area contributed by atoms with E-state index in [1.165, 1.54) is 0 Å². The molecule has 0 spiro atoms. The number of fused-ring (bicyclic) bond motifs is 2. The molecule has 6 rings (SSSR count). The van der Waals surface area contributed by atoms with Gasteiger partial charge < -0.3 is 25.2 Å². The number of ether oxygens (including phenoxy) is 2. The molecule has 0 aliphatic heterocycles. The number of anilines is 2. The number of rotatable bonds is 15. The first-order valence-electron chi connectivity index (χ1n) is 15.7. The minimum absolute atomic E-state index is 0.0803. The maximum atomic E-state index is 9.72. The molecule has 4 aromatic carbocycles. The average Bonchev–Trinajstić information content (AvgIpc) is 3.12. The van der Waals surface area contributed by atoms with Crippen molar-refractivity contribution in [2.75, 3.05) is 38.0 Å². The highest BCUT2D eigenvalue weighted by atomic mass is 16.5. The van der Waals surface area contributed by atoms with Crippen LogP contribution >= 0.6 is 0 Å². The van der Waals surface area contributed by atoms with Crippen LogP contribution in [0, 0.1) is 0 Å². The quantitative estimate of drug-likeness (QED) is 0.121. The molecule has 0 fully saturated rings. The van der Waals surface area contributed by atoms with Gasteiger partial charge in [-0.15, -0.1) is 0 Å². The Hall–Kier alpha value is -5.32. The van der Waals surface area contributed by atoms with Crippen LogP contribution in [0.3, 0.4) is 0 Å². The lowest BCUT2D eigenvalue weighted by atomic mass is 10.2. The molecular weight excluding hydrogens is 590 g/mol. The maximum Gasteiger partial charge on any atom is 0.145 e. The second-order valence-corrected chi connectivity index (χ2v) is 11.2. The number of hydrogen-bond donors (Lipinski definition) is 3. The Balaban J connectivity index is 1.24. The van der Waals surface area contributed by atoms with E-state index in [0.717, 1.165) is 56.1 Å². The van der Waals surface area contributed by atoms with Crippen LogP contribution in [0.2, 0.25) is 0 Å². The Bertz CT molecular complexity index is 1780. The Morgan fingerprint density at radius 3 is 1.47 bits per heavy atom. The van der Waals surface area contributed by atoms with Crippen molar-refractivity contribution in [1.82, 2.24) is 24.8 Å². The summed E-state index contributed by atoms with van der Waals surface area (Å²) in [5.41, 5.74) is 3.96. The van der Waals surface area contributed by atoms with Gasteiger partial charge in [-0.2, -0.15) is 0 Å². The first-order valence-corrected chi connectivity index (χ1v) is 15.7. The Labute approximate surface area is 274 Å². The van der Waals surface area contributed by atoms with Crippen molar-refractivity contribution < 1.29 is 14.6 Å². The summed E-state index contributed by atoms with van der Waals surface area (Å²) in [5.74, 6) is 4.55. The summed E-state index contributed by atoms with van der Waals surface area (Å²) >= 11 is 0. The fourth-order valence-corrected chi connectivity index (χ4v) is 5.43. The van der Waals surface area contributed by atoms with E-state index in [9.17, 15) is 5.11 Å². The third kappa shape index (κ3) is 8.10. The zero-order valence-corrected chi connectivity index (χ0v) is 26.7. The lowest BCUT2D eigenvalue weighted by Gasteiger charge is -2.22. The van der Waals surface area contributed by atoms with Crippen molar-refractivity contribution in [3.8, 4) is 11.5 Å². The molecule has 0 radical (unpaired) electrons. The normalized spacial score (nSPS) is 11.2. The van der Waals surface area contributed by atoms with E-state index in [4.69, 9.17) is 29.4 Å². The van der Waals surface area contributed by atoms with Gasteiger partial charge in [-0.1, -0.05) is 48.5 Å². The predicted octanol–water partition coefficient (Wildman–Crippen LogP) is 6.20. The van der Waals surface area contributed by atoms with Gasteiger partial charge in [0, 0.05) is 37.0 Å².